The van der Waals surface area contributed by atoms with Crippen LogP contribution in [0.4, 0.5) is 13.2 Å². The van der Waals surface area contributed by atoms with Gasteiger partial charge >= 0.3 is 6.18 Å². The Morgan fingerprint density at radius 1 is 1.12 bits per heavy atom. The van der Waals surface area contributed by atoms with E-state index in [1.165, 1.54) is 6.42 Å². The number of nitrogens with zero attached hydrogens (tertiary/aromatic N) is 1. The highest BCUT2D eigenvalue weighted by Crippen LogP contribution is 2.38. The lowest BCUT2D eigenvalue weighted by Crippen LogP contribution is -2.53. The summed E-state index contributed by atoms with van der Waals surface area (Å²) in [6, 6.07) is 0. The second-order valence-corrected chi connectivity index (χ2v) is 4.93. The van der Waals surface area contributed by atoms with Crippen molar-refractivity contribution in [2.75, 3.05) is 19.6 Å². The molecule has 0 aromatic heterocycles. The zero-order valence-corrected chi connectivity index (χ0v) is 10.4. The molecular weight excluding hydrogens is 231 g/mol. The summed E-state index contributed by atoms with van der Waals surface area (Å²) in [6.45, 7) is 3.68. The minimum atomic E-state index is -4.48. The Morgan fingerprint density at radius 2 is 1.71 bits per heavy atom. The smallest absolute Gasteiger partial charge is 0.380 e. The summed E-state index contributed by atoms with van der Waals surface area (Å²) in [6.07, 6.45) is -0.348. The number of hydrogen-bond donors (Lipinski definition) is 1. The first-order valence-electron chi connectivity index (χ1n) is 6.40. The standard InChI is InChI=1S/C12H22F3NO/c1-2-3-4-5-8-16-9-6-11(17,7-10-16)12(13,14)15/h17H,2-10H2,1H3. The molecule has 17 heavy (non-hydrogen) atoms. The van der Waals surface area contributed by atoms with E-state index in [9.17, 15) is 18.3 Å². The number of halogens is 3. The third-order valence-corrected chi connectivity index (χ3v) is 3.54. The van der Waals surface area contributed by atoms with Crippen molar-refractivity contribution in [3.63, 3.8) is 0 Å². The van der Waals surface area contributed by atoms with E-state index < -0.39 is 11.8 Å². The van der Waals surface area contributed by atoms with Gasteiger partial charge in [-0.25, -0.2) is 0 Å². The van der Waals surface area contributed by atoms with Gasteiger partial charge in [0.1, 0.15) is 0 Å². The van der Waals surface area contributed by atoms with Crippen molar-refractivity contribution in [3.8, 4) is 0 Å². The Morgan fingerprint density at radius 3 is 2.18 bits per heavy atom. The zero-order valence-electron chi connectivity index (χ0n) is 10.4. The maximum Gasteiger partial charge on any atom is 0.417 e. The number of aliphatic hydroxyl groups is 1. The Kier molecular flexibility index (Phi) is 5.25. The summed E-state index contributed by atoms with van der Waals surface area (Å²) in [5.74, 6) is 0. The van der Waals surface area contributed by atoms with Gasteiger partial charge in [-0.15, -0.1) is 0 Å². The van der Waals surface area contributed by atoms with E-state index in [2.05, 4.69) is 6.92 Å². The molecule has 1 aliphatic heterocycles. The molecule has 1 rings (SSSR count). The van der Waals surface area contributed by atoms with E-state index in [-0.39, 0.29) is 12.8 Å². The molecule has 0 aromatic carbocycles. The SMILES string of the molecule is CCCCCCN1CCC(O)(C(F)(F)F)CC1. The van der Waals surface area contributed by atoms with Crippen LogP contribution in [0.15, 0.2) is 0 Å². The highest BCUT2D eigenvalue weighted by Gasteiger charge is 2.54. The predicted molar refractivity (Wildman–Crippen MR) is 60.8 cm³/mol. The summed E-state index contributed by atoms with van der Waals surface area (Å²) in [5, 5.41) is 9.48. The molecule has 1 aliphatic rings. The summed E-state index contributed by atoms with van der Waals surface area (Å²) >= 11 is 0. The topological polar surface area (TPSA) is 23.5 Å². The lowest BCUT2D eigenvalue weighted by molar-refractivity contribution is -0.272. The van der Waals surface area contributed by atoms with Crippen molar-refractivity contribution in [1.82, 2.24) is 4.90 Å². The first-order chi connectivity index (χ1) is 7.89. The highest BCUT2D eigenvalue weighted by atomic mass is 19.4. The average molecular weight is 253 g/mol. The first kappa shape index (κ1) is 14.8. The van der Waals surface area contributed by atoms with Crippen molar-refractivity contribution >= 4 is 0 Å². The summed E-state index contributed by atoms with van der Waals surface area (Å²) < 4.78 is 37.6. The van der Waals surface area contributed by atoms with Gasteiger partial charge in [0.25, 0.3) is 0 Å². The number of unbranched alkanes of at least 4 members (excludes halogenated alkanes) is 3. The fourth-order valence-corrected chi connectivity index (χ4v) is 2.19. The molecule has 1 saturated heterocycles. The number of piperidine rings is 1. The van der Waals surface area contributed by atoms with E-state index >= 15 is 0 Å². The molecule has 0 amide bonds. The van der Waals surface area contributed by atoms with Crippen LogP contribution in [0, 0.1) is 0 Å². The van der Waals surface area contributed by atoms with Crippen LogP contribution in [0.1, 0.15) is 45.4 Å². The van der Waals surface area contributed by atoms with Crippen LogP contribution >= 0.6 is 0 Å². The van der Waals surface area contributed by atoms with E-state index in [1.807, 2.05) is 4.90 Å². The molecule has 0 spiro atoms. The normalized spacial score (nSPS) is 21.7. The lowest BCUT2D eigenvalue weighted by atomic mass is 9.90. The van der Waals surface area contributed by atoms with Crippen LogP contribution in [0.5, 0.6) is 0 Å². The van der Waals surface area contributed by atoms with Gasteiger partial charge in [0.2, 0.25) is 0 Å². The van der Waals surface area contributed by atoms with E-state index in [1.54, 1.807) is 0 Å². The van der Waals surface area contributed by atoms with Crippen molar-refractivity contribution < 1.29 is 18.3 Å². The van der Waals surface area contributed by atoms with Gasteiger partial charge in [0.15, 0.2) is 5.60 Å². The second-order valence-electron chi connectivity index (χ2n) is 4.93. The molecule has 0 saturated carbocycles. The lowest BCUT2D eigenvalue weighted by Gasteiger charge is -2.39. The molecule has 0 bridgehead atoms. The monoisotopic (exact) mass is 253 g/mol. The quantitative estimate of drug-likeness (QED) is 0.761. The van der Waals surface area contributed by atoms with Gasteiger partial charge in [0, 0.05) is 13.1 Å². The molecule has 1 fully saturated rings. The molecule has 0 radical (unpaired) electrons. The van der Waals surface area contributed by atoms with Crippen LogP contribution in [-0.4, -0.2) is 41.4 Å². The summed E-state index contributed by atoms with van der Waals surface area (Å²) in [5.41, 5.74) is -2.45. The Bertz CT molecular complexity index is 222. The molecule has 1 heterocycles. The van der Waals surface area contributed by atoms with E-state index in [0.29, 0.717) is 13.1 Å². The van der Waals surface area contributed by atoms with Crippen molar-refractivity contribution in [3.05, 3.63) is 0 Å². The molecule has 2 nitrogen and oxygen atoms in total. The summed E-state index contributed by atoms with van der Waals surface area (Å²) in [4.78, 5) is 2.02. The fourth-order valence-electron chi connectivity index (χ4n) is 2.19. The molecule has 0 unspecified atom stereocenters. The minimum Gasteiger partial charge on any atom is -0.380 e. The van der Waals surface area contributed by atoms with Gasteiger partial charge in [-0.2, -0.15) is 13.2 Å². The van der Waals surface area contributed by atoms with Gasteiger partial charge in [-0.1, -0.05) is 26.2 Å². The molecular formula is C12H22F3NO. The predicted octanol–water partition coefficient (Wildman–Crippen LogP) is 2.96. The van der Waals surface area contributed by atoms with Crippen LogP contribution in [0.2, 0.25) is 0 Å². The average Bonchev–Trinajstić information content (AvgIpc) is 2.25. The minimum absolute atomic E-state index is 0.190. The molecule has 102 valence electrons. The van der Waals surface area contributed by atoms with Crippen LogP contribution in [-0.2, 0) is 0 Å². The van der Waals surface area contributed by atoms with Gasteiger partial charge in [-0.3, -0.25) is 0 Å². The molecule has 1 N–H and O–H groups in total. The molecule has 5 heteroatoms. The maximum atomic E-state index is 12.5. The van der Waals surface area contributed by atoms with Crippen LogP contribution in [0.3, 0.4) is 0 Å². The first-order valence-corrected chi connectivity index (χ1v) is 6.40. The van der Waals surface area contributed by atoms with Crippen LogP contribution < -0.4 is 0 Å². The van der Waals surface area contributed by atoms with E-state index in [4.69, 9.17) is 0 Å². The third-order valence-electron chi connectivity index (χ3n) is 3.54. The van der Waals surface area contributed by atoms with Gasteiger partial charge in [-0.05, 0) is 25.8 Å². The van der Waals surface area contributed by atoms with Gasteiger partial charge < -0.3 is 10.0 Å². The van der Waals surface area contributed by atoms with Crippen LogP contribution in [0.25, 0.3) is 0 Å². The Hall–Kier alpha value is -0.290. The molecule has 0 atom stereocenters. The third kappa shape index (κ3) is 4.14. The van der Waals surface area contributed by atoms with Crippen molar-refractivity contribution in [2.24, 2.45) is 0 Å². The number of likely N-dealkylation sites (tertiary alicyclic amines) is 1. The maximum absolute atomic E-state index is 12.5. The summed E-state index contributed by atoms with van der Waals surface area (Å²) in [7, 11) is 0. The highest BCUT2D eigenvalue weighted by molar-refractivity contribution is 4.91. The second kappa shape index (κ2) is 6.05. The van der Waals surface area contributed by atoms with Crippen molar-refractivity contribution in [1.29, 1.82) is 0 Å². The van der Waals surface area contributed by atoms with E-state index in [0.717, 1.165) is 25.8 Å². The van der Waals surface area contributed by atoms with Gasteiger partial charge in [0.05, 0.1) is 0 Å². The number of hydrogen-bond acceptors (Lipinski definition) is 2. The van der Waals surface area contributed by atoms with Crippen molar-refractivity contribution in [2.45, 2.75) is 57.2 Å². The fraction of sp³-hybridized carbons (Fsp3) is 1.00. The molecule has 0 aliphatic carbocycles. The Balaban J connectivity index is 2.26. The largest absolute Gasteiger partial charge is 0.417 e. The number of alkyl halides is 3. The molecule has 0 aromatic rings. The zero-order chi connectivity index (χ0) is 12.9. The number of rotatable bonds is 5. The Labute approximate surface area is 101 Å².